The Bertz CT molecular complexity index is 633. The van der Waals surface area contributed by atoms with Gasteiger partial charge in [-0.05, 0) is 19.9 Å². The number of nitrogens with zero attached hydrogens (tertiary/aromatic N) is 2. The molecule has 3 rings (SSSR count). The lowest BCUT2D eigenvalue weighted by Crippen LogP contribution is -2.22. The van der Waals surface area contributed by atoms with Crippen molar-refractivity contribution in [2.24, 2.45) is 5.92 Å². The van der Waals surface area contributed by atoms with Gasteiger partial charge in [-0.15, -0.1) is 0 Å². The highest BCUT2D eigenvalue weighted by Gasteiger charge is 2.28. The first-order valence-electron chi connectivity index (χ1n) is 7.09. The highest BCUT2D eigenvalue weighted by atomic mass is 16.5. The number of carbonyl (C=O) groups is 1. The predicted molar refractivity (Wildman–Crippen MR) is 77.7 cm³/mol. The van der Waals surface area contributed by atoms with Crippen LogP contribution in [0.5, 0.6) is 0 Å². The van der Waals surface area contributed by atoms with E-state index in [4.69, 9.17) is 9.63 Å². The molecule has 1 fully saturated rings. The van der Waals surface area contributed by atoms with Crippen molar-refractivity contribution in [2.45, 2.75) is 19.9 Å². The van der Waals surface area contributed by atoms with Gasteiger partial charge in [0.1, 0.15) is 5.69 Å². The van der Waals surface area contributed by atoms with Gasteiger partial charge in [-0.25, -0.2) is 0 Å². The number of aliphatic carboxylic acids is 1. The van der Waals surface area contributed by atoms with Crippen LogP contribution in [0.1, 0.15) is 17.7 Å². The van der Waals surface area contributed by atoms with Gasteiger partial charge in [0.05, 0.1) is 12.5 Å². The minimum Gasteiger partial charge on any atom is -0.481 e. The number of likely N-dealkylation sites (tertiary alicyclic amines) is 1. The molecule has 5 nitrogen and oxygen atoms in total. The molecule has 0 amide bonds. The lowest BCUT2D eigenvalue weighted by atomic mass is 10.1. The second kappa shape index (κ2) is 5.69. The van der Waals surface area contributed by atoms with E-state index in [0.29, 0.717) is 19.5 Å². The molecule has 1 atom stereocenters. The molecule has 0 saturated carbocycles. The van der Waals surface area contributed by atoms with Crippen LogP contribution in [0.4, 0.5) is 0 Å². The molecule has 21 heavy (non-hydrogen) atoms. The maximum Gasteiger partial charge on any atom is 0.307 e. The first kappa shape index (κ1) is 13.8. The maximum atomic E-state index is 11.0. The Morgan fingerprint density at radius 2 is 2.19 bits per heavy atom. The summed E-state index contributed by atoms with van der Waals surface area (Å²) in [6.45, 7) is 4.03. The number of aromatic nitrogens is 1. The van der Waals surface area contributed by atoms with Crippen LogP contribution in [-0.2, 0) is 11.3 Å². The number of hydrogen-bond acceptors (Lipinski definition) is 4. The van der Waals surface area contributed by atoms with Crippen LogP contribution in [0, 0.1) is 12.8 Å². The molecule has 0 aliphatic carbocycles. The highest BCUT2D eigenvalue weighted by Crippen LogP contribution is 2.23. The molecule has 0 radical (unpaired) electrons. The van der Waals surface area contributed by atoms with Gasteiger partial charge in [-0.2, -0.15) is 0 Å². The molecule has 1 aliphatic heterocycles. The minimum absolute atomic E-state index is 0.260. The van der Waals surface area contributed by atoms with Crippen LogP contribution in [0.2, 0.25) is 0 Å². The fourth-order valence-electron chi connectivity index (χ4n) is 2.65. The van der Waals surface area contributed by atoms with Crippen molar-refractivity contribution in [1.82, 2.24) is 10.1 Å². The molecule has 0 spiro atoms. The summed E-state index contributed by atoms with van der Waals surface area (Å²) in [5, 5.41) is 13.1. The third-order valence-electron chi connectivity index (χ3n) is 3.91. The standard InChI is InChI=1S/C16H18N2O3/c1-11-2-4-12(5-3-11)15-8-14(21-17-15)10-18-7-6-13(9-18)16(19)20/h2-5,8,13H,6-7,9-10H2,1H3,(H,19,20). The van der Waals surface area contributed by atoms with Gasteiger partial charge in [0.2, 0.25) is 0 Å². The number of benzene rings is 1. The molecule has 1 unspecified atom stereocenters. The zero-order chi connectivity index (χ0) is 14.8. The summed E-state index contributed by atoms with van der Waals surface area (Å²) in [6, 6.07) is 10.1. The van der Waals surface area contributed by atoms with E-state index in [1.165, 1.54) is 5.56 Å². The second-order valence-corrected chi connectivity index (χ2v) is 5.60. The average molecular weight is 286 g/mol. The Kier molecular flexibility index (Phi) is 3.75. The van der Waals surface area contributed by atoms with Gasteiger partial charge in [0, 0.05) is 18.2 Å². The summed E-state index contributed by atoms with van der Waals surface area (Å²) >= 11 is 0. The molecule has 1 N–H and O–H groups in total. The first-order chi connectivity index (χ1) is 10.1. The van der Waals surface area contributed by atoms with Crippen LogP contribution in [0.25, 0.3) is 11.3 Å². The summed E-state index contributed by atoms with van der Waals surface area (Å²) in [7, 11) is 0. The van der Waals surface area contributed by atoms with E-state index in [2.05, 4.69) is 10.1 Å². The number of hydrogen-bond donors (Lipinski definition) is 1. The topological polar surface area (TPSA) is 66.6 Å². The molecule has 110 valence electrons. The third-order valence-corrected chi connectivity index (χ3v) is 3.91. The van der Waals surface area contributed by atoms with Crippen molar-refractivity contribution < 1.29 is 14.4 Å². The van der Waals surface area contributed by atoms with E-state index in [-0.39, 0.29) is 5.92 Å². The van der Waals surface area contributed by atoms with E-state index in [1.54, 1.807) is 0 Å². The van der Waals surface area contributed by atoms with E-state index in [0.717, 1.165) is 23.6 Å². The summed E-state index contributed by atoms with van der Waals surface area (Å²) < 4.78 is 5.37. The Labute approximate surface area is 123 Å². The summed E-state index contributed by atoms with van der Waals surface area (Å²) in [5.41, 5.74) is 3.05. The van der Waals surface area contributed by atoms with Gasteiger partial charge < -0.3 is 9.63 Å². The third kappa shape index (κ3) is 3.13. The van der Waals surface area contributed by atoms with E-state index in [9.17, 15) is 4.79 Å². The van der Waals surface area contributed by atoms with Crippen LogP contribution < -0.4 is 0 Å². The Morgan fingerprint density at radius 1 is 1.43 bits per heavy atom. The molecule has 5 heteroatoms. The van der Waals surface area contributed by atoms with Crippen molar-refractivity contribution in [3.63, 3.8) is 0 Å². The first-order valence-corrected chi connectivity index (χ1v) is 7.09. The number of rotatable bonds is 4. The highest BCUT2D eigenvalue weighted by molar-refractivity contribution is 5.70. The van der Waals surface area contributed by atoms with Crippen molar-refractivity contribution in [1.29, 1.82) is 0 Å². The van der Waals surface area contributed by atoms with Gasteiger partial charge in [-0.1, -0.05) is 35.0 Å². The van der Waals surface area contributed by atoms with Crippen molar-refractivity contribution in [2.75, 3.05) is 13.1 Å². The van der Waals surface area contributed by atoms with E-state index >= 15 is 0 Å². The zero-order valence-electron chi connectivity index (χ0n) is 12.0. The zero-order valence-corrected chi connectivity index (χ0v) is 12.0. The molecule has 1 saturated heterocycles. The van der Waals surface area contributed by atoms with Crippen LogP contribution in [0.3, 0.4) is 0 Å². The second-order valence-electron chi connectivity index (χ2n) is 5.60. The van der Waals surface area contributed by atoms with Crippen LogP contribution in [0.15, 0.2) is 34.9 Å². The van der Waals surface area contributed by atoms with Crippen molar-refractivity contribution in [3.05, 3.63) is 41.7 Å². The maximum absolute atomic E-state index is 11.0. The minimum atomic E-state index is -0.713. The predicted octanol–water partition coefficient (Wildman–Crippen LogP) is 2.56. The molecule has 1 aromatic carbocycles. The fraction of sp³-hybridized carbons (Fsp3) is 0.375. The largest absolute Gasteiger partial charge is 0.481 e. The average Bonchev–Trinajstić information content (AvgIpc) is 3.10. The molecule has 1 aromatic heterocycles. The van der Waals surface area contributed by atoms with Gasteiger partial charge >= 0.3 is 5.97 Å². The number of carboxylic acids is 1. The van der Waals surface area contributed by atoms with E-state index < -0.39 is 5.97 Å². The molecule has 1 aliphatic rings. The van der Waals surface area contributed by atoms with Crippen LogP contribution >= 0.6 is 0 Å². The molecular formula is C16H18N2O3. The Hall–Kier alpha value is -2.14. The van der Waals surface area contributed by atoms with Crippen molar-refractivity contribution in [3.8, 4) is 11.3 Å². The summed E-state index contributed by atoms with van der Waals surface area (Å²) in [5.74, 6) is -0.198. The Morgan fingerprint density at radius 3 is 2.86 bits per heavy atom. The summed E-state index contributed by atoms with van der Waals surface area (Å²) in [6.07, 6.45) is 0.703. The molecule has 2 aromatic rings. The van der Waals surface area contributed by atoms with Crippen molar-refractivity contribution >= 4 is 5.97 Å². The smallest absolute Gasteiger partial charge is 0.307 e. The van der Waals surface area contributed by atoms with E-state index in [1.807, 2.05) is 37.3 Å². The molecule has 2 heterocycles. The van der Waals surface area contributed by atoms with Gasteiger partial charge in [0.15, 0.2) is 5.76 Å². The summed E-state index contributed by atoms with van der Waals surface area (Å²) in [4.78, 5) is 13.0. The quantitative estimate of drug-likeness (QED) is 0.935. The van der Waals surface area contributed by atoms with Crippen LogP contribution in [-0.4, -0.2) is 34.2 Å². The fourth-order valence-corrected chi connectivity index (χ4v) is 2.65. The van der Waals surface area contributed by atoms with Gasteiger partial charge in [0.25, 0.3) is 0 Å². The number of carboxylic acid groups (broad SMARTS) is 1. The molecule has 0 bridgehead atoms. The molecular weight excluding hydrogens is 268 g/mol. The normalized spacial score (nSPS) is 19.0. The SMILES string of the molecule is Cc1ccc(-c2cc(CN3CCC(C(=O)O)C3)on2)cc1. The number of aryl methyl sites for hydroxylation is 1. The lowest BCUT2D eigenvalue weighted by molar-refractivity contribution is -0.141. The van der Waals surface area contributed by atoms with Gasteiger partial charge in [-0.3, -0.25) is 9.69 Å². The lowest BCUT2D eigenvalue weighted by Gasteiger charge is -2.11. The monoisotopic (exact) mass is 286 g/mol. The Balaban J connectivity index is 1.66.